The lowest BCUT2D eigenvalue weighted by Gasteiger charge is -2.16. The van der Waals surface area contributed by atoms with E-state index in [1.54, 1.807) is 6.08 Å². The summed E-state index contributed by atoms with van der Waals surface area (Å²) in [6.45, 7) is 2.74. The molecule has 2 amide bonds. The number of carbonyl (C=O) groups excluding carboxylic acids is 2. The molecule has 0 aliphatic carbocycles. The van der Waals surface area contributed by atoms with Gasteiger partial charge in [0, 0.05) is 13.1 Å². The summed E-state index contributed by atoms with van der Waals surface area (Å²) in [4.78, 5) is 21.9. The van der Waals surface area contributed by atoms with Crippen LogP contribution in [-0.4, -0.2) is 28.5 Å². The predicted octanol–water partition coefficient (Wildman–Crippen LogP) is 0.562. The number of aliphatic hydroxyl groups is 1. The summed E-state index contributed by atoms with van der Waals surface area (Å²) in [5.41, 5.74) is 2.31. The van der Waals surface area contributed by atoms with Crippen molar-refractivity contribution in [1.29, 1.82) is 0 Å². The second kappa shape index (κ2) is 7.99. The number of allylic oxidation sites excluding steroid dienone is 1. The number of aliphatic hydroxyl groups excluding tert-OH is 1. The maximum atomic E-state index is 11.1. The third-order valence-corrected chi connectivity index (χ3v) is 1.66. The number of hydrogen-bond acceptors (Lipinski definition) is 3. The lowest BCUT2D eigenvalue weighted by Crippen LogP contribution is -2.42. The van der Waals surface area contributed by atoms with Gasteiger partial charge in [0.25, 0.3) is 5.91 Å². The van der Waals surface area contributed by atoms with Crippen LogP contribution in [0.3, 0.4) is 0 Å². The Morgan fingerprint density at radius 1 is 1.47 bits per heavy atom. The maximum Gasteiger partial charge on any atom is 0.270 e. The van der Waals surface area contributed by atoms with E-state index in [0.29, 0.717) is 0 Å². The van der Waals surface area contributed by atoms with Crippen molar-refractivity contribution < 1.29 is 14.7 Å². The van der Waals surface area contributed by atoms with Crippen LogP contribution in [0.15, 0.2) is 12.3 Å². The van der Waals surface area contributed by atoms with Crippen molar-refractivity contribution in [3.05, 3.63) is 12.3 Å². The van der Waals surface area contributed by atoms with Gasteiger partial charge in [-0.05, 0) is 6.42 Å². The van der Waals surface area contributed by atoms with E-state index in [-0.39, 0.29) is 5.91 Å². The lowest BCUT2D eigenvalue weighted by molar-refractivity contribution is -0.139. The minimum Gasteiger partial charge on any atom is -0.386 e. The largest absolute Gasteiger partial charge is 0.386 e. The lowest BCUT2D eigenvalue weighted by atomic mass is 10.2. The van der Waals surface area contributed by atoms with Crippen molar-refractivity contribution in [3.8, 4) is 0 Å². The summed E-state index contributed by atoms with van der Waals surface area (Å²) in [7, 11) is 0. The highest BCUT2D eigenvalue weighted by Crippen LogP contribution is 1.96. The van der Waals surface area contributed by atoms with E-state index in [2.05, 4.69) is 12.3 Å². The average Bonchev–Trinajstić information content (AvgIpc) is 2.21. The van der Waals surface area contributed by atoms with Crippen LogP contribution in [0.4, 0.5) is 0 Å². The molecule has 0 aliphatic heterocycles. The minimum absolute atomic E-state index is 0.350. The van der Waals surface area contributed by atoms with E-state index in [1.807, 2.05) is 0 Å². The van der Waals surface area contributed by atoms with Crippen molar-refractivity contribution in [2.45, 2.75) is 33.1 Å². The normalized spacial score (nSPS) is 10.3. The quantitative estimate of drug-likeness (QED) is 0.519. The fourth-order valence-corrected chi connectivity index (χ4v) is 0.930. The topological polar surface area (TPSA) is 69.6 Å². The molecule has 0 fully saturated rings. The zero-order valence-electron chi connectivity index (χ0n) is 9.19. The number of nitrogens with zero attached hydrogens (tertiary/aromatic N) is 1. The summed E-state index contributed by atoms with van der Waals surface area (Å²) >= 11 is 0. The third kappa shape index (κ3) is 6.68. The van der Waals surface area contributed by atoms with Crippen LogP contribution < -0.4 is 5.43 Å². The van der Waals surface area contributed by atoms with Crippen LogP contribution in [0.5, 0.6) is 0 Å². The summed E-state index contributed by atoms with van der Waals surface area (Å²) in [5, 5.41) is 9.64. The van der Waals surface area contributed by atoms with Crippen LogP contribution in [0, 0.1) is 0 Å². The number of carbonyl (C=O) groups is 2. The van der Waals surface area contributed by atoms with Crippen molar-refractivity contribution in [1.82, 2.24) is 10.4 Å². The van der Waals surface area contributed by atoms with Crippen LogP contribution >= 0.6 is 0 Å². The summed E-state index contributed by atoms with van der Waals surface area (Å²) in [6, 6.07) is 0. The minimum atomic E-state index is -0.627. The molecule has 0 aromatic carbocycles. The Balaban J connectivity index is 4.17. The molecule has 0 unspecified atom stereocenters. The molecule has 0 spiro atoms. The highest BCUT2D eigenvalue weighted by Gasteiger charge is 2.09. The Hall–Kier alpha value is -1.36. The van der Waals surface area contributed by atoms with Crippen molar-refractivity contribution in [2.24, 2.45) is 0 Å². The van der Waals surface area contributed by atoms with Gasteiger partial charge in [0.15, 0.2) is 0 Å². The molecule has 0 rings (SSSR count). The number of amides is 2. The maximum absolute atomic E-state index is 11.1. The fraction of sp³-hybridized carbons (Fsp3) is 0.600. The van der Waals surface area contributed by atoms with Gasteiger partial charge in [-0.15, -0.1) is 0 Å². The first-order valence-corrected chi connectivity index (χ1v) is 4.98. The van der Waals surface area contributed by atoms with Gasteiger partial charge in [-0.1, -0.05) is 25.8 Å². The monoisotopic (exact) mass is 214 g/mol. The second-order valence-corrected chi connectivity index (χ2v) is 3.12. The van der Waals surface area contributed by atoms with Gasteiger partial charge in [-0.3, -0.25) is 15.0 Å². The molecule has 5 heteroatoms. The van der Waals surface area contributed by atoms with Crippen LogP contribution in [0.2, 0.25) is 0 Å². The molecule has 0 aromatic rings. The van der Waals surface area contributed by atoms with Crippen LogP contribution in [0.25, 0.3) is 0 Å². The molecule has 0 saturated carbocycles. The molecule has 0 aromatic heterocycles. The highest BCUT2D eigenvalue weighted by molar-refractivity contribution is 5.82. The molecule has 2 N–H and O–H groups in total. The summed E-state index contributed by atoms with van der Waals surface area (Å²) < 4.78 is 0. The van der Waals surface area contributed by atoms with Crippen molar-refractivity contribution in [2.75, 3.05) is 6.61 Å². The number of nitrogens with one attached hydrogen (secondary N) is 1. The molecule has 0 atom stereocenters. The summed E-state index contributed by atoms with van der Waals surface area (Å²) in [6.07, 6.45) is 6.18. The highest BCUT2D eigenvalue weighted by atomic mass is 16.3. The molecule has 5 nitrogen and oxygen atoms in total. The van der Waals surface area contributed by atoms with Crippen LogP contribution in [-0.2, 0) is 9.59 Å². The smallest absolute Gasteiger partial charge is 0.270 e. The van der Waals surface area contributed by atoms with E-state index >= 15 is 0 Å². The van der Waals surface area contributed by atoms with Gasteiger partial charge in [-0.25, -0.2) is 5.01 Å². The summed E-state index contributed by atoms with van der Waals surface area (Å²) in [5.74, 6) is -0.908. The first kappa shape index (κ1) is 13.6. The SMILES string of the molecule is CCCC/C=C\N(NC(C)=O)C(=O)CO. The number of unbranched alkanes of at least 4 members (excludes halogenated alkanes) is 2. The zero-order valence-corrected chi connectivity index (χ0v) is 9.19. The first-order chi connectivity index (χ1) is 7.11. The molecule has 86 valence electrons. The molecule has 0 radical (unpaired) electrons. The molecule has 0 aliphatic rings. The number of hydrogen-bond donors (Lipinski definition) is 2. The molecular formula is C10H18N2O3. The van der Waals surface area contributed by atoms with E-state index in [1.165, 1.54) is 13.1 Å². The fourth-order valence-electron chi connectivity index (χ4n) is 0.930. The molecule has 0 bridgehead atoms. The Bertz CT molecular complexity index is 239. The van der Waals surface area contributed by atoms with Gasteiger partial charge < -0.3 is 5.11 Å². The number of rotatable bonds is 5. The van der Waals surface area contributed by atoms with Crippen molar-refractivity contribution in [3.63, 3.8) is 0 Å². The molecule has 0 heterocycles. The zero-order chi connectivity index (χ0) is 11.7. The van der Waals surface area contributed by atoms with Crippen molar-refractivity contribution >= 4 is 11.8 Å². The van der Waals surface area contributed by atoms with Gasteiger partial charge in [-0.2, -0.15) is 0 Å². The van der Waals surface area contributed by atoms with Gasteiger partial charge in [0.1, 0.15) is 6.61 Å². The van der Waals surface area contributed by atoms with Gasteiger partial charge in [0.05, 0.1) is 0 Å². The van der Waals surface area contributed by atoms with E-state index in [0.717, 1.165) is 24.3 Å². The second-order valence-electron chi connectivity index (χ2n) is 3.12. The predicted molar refractivity (Wildman–Crippen MR) is 56.4 cm³/mol. The Morgan fingerprint density at radius 3 is 2.60 bits per heavy atom. The standard InChI is InChI=1S/C10H18N2O3/c1-3-4-5-6-7-12(10(15)8-13)11-9(2)14/h6-7,13H,3-5,8H2,1-2H3,(H,11,14)/b7-6-. The molecular weight excluding hydrogens is 196 g/mol. The Morgan fingerprint density at radius 2 is 2.13 bits per heavy atom. The van der Waals surface area contributed by atoms with E-state index < -0.39 is 12.5 Å². The van der Waals surface area contributed by atoms with Crippen LogP contribution in [0.1, 0.15) is 33.1 Å². The molecule has 0 saturated heterocycles. The first-order valence-electron chi connectivity index (χ1n) is 4.98. The van der Waals surface area contributed by atoms with E-state index in [9.17, 15) is 9.59 Å². The van der Waals surface area contributed by atoms with E-state index in [4.69, 9.17) is 5.11 Å². The third-order valence-electron chi connectivity index (χ3n) is 1.66. The number of hydrazine groups is 1. The van der Waals surface area contributed by atoms with Gasteiger partial charge in [0.2, 0.25) is 5.91 Å². The Kier molecular flexibility index (Phi) is 7.27. The van der Waals surface area contributed by atoms with Gasteiger partial charge >= 0.3 is 0 Å². The molecule has 15 heavy (non-hydrogen) atoms. The average molecular weight is 214 g/mol. The Labute approximate surface area is 89.7 Å².